The molecule has 0 aromatic heterocycles. The van der Waals surface area contributed by atoms with Crippen LogP contribution in [0.3, 0.4) is 0 Å². The molecule has 3 heterocycles. The number of carbonyl (C=O) groups is 1. The van der Waals surface area contributed by atoms with Crippen LogP contribution in [0.1, 0.15) is 0 Å². The van der Waals surface area contributed by atoms with E-state index in [1.165, 1.54) is 0 Å². The van der Waals surface area contributed by atoms with Crippen molar-refractivity contribution in [2.75, 3.05) is 6.61 Å². The van der Waals surface area contributed by atoms with E-state index in [1.54, 1.807) is 0 Å². The van der Waals surface area contributed by atoms with Crippen molar-refractivity contribution >= 4 is 16.3 Å². The number of aliphatic hydroxyl groups excluding tert-OH is 3. The lowest BCUT2D eigenvalue weighted by Gasteiger charge is -2.40. The Balaban J connectivity index is 1.77. The quantitative estimate of drug-likeness (QED) is 0.217. The molecule has 0 spiro atoms. The first-order chi connectivity index (χ1) is 13.2. The Morgan fingerprint density at radius 1 is 1.25 bits per heavy atom. The van der Waals surface area contributed by atoms with Crippen LogP contribution in [0.25, 0.3) is 0 Å². The van der Waals surface area contributed by atoms with Gasteiger partial charge in [0, 0.05) is 0 Å². The van der Waals surface area contributed by atoms with Crippen molar-refractivity contribution in [2.24, 2.45) is 11.8 Å². The first-order valence-electron chi connectivity index (χ1n) is 7.83. The fourth-order valence-corrected chi connectivity index (χ4v) is 3.60. The number of hydrogen-bond donors (Lipinski definition) is 6. The summed E-state index contributed by atoms with van der Waals surface area (Å²) in [6, 6.07) is -1.38. The molecule has 15 nitrogen and oxygen atoms in total. The molecule has 0 amide bonds. The summed E-state index contributed by atoms with van der Waals surface area (Å²) < 4.78 is 50.1. The average Bonchev–Trinajstić information content (AvgIpc) is 3.11. The lowest BCUT2D eigenvalue weighted by Crippen LogP contribution is -2.63. The van der Waals surface area contributed by atoms with Gasteiger partial charge >= 0.3 is 16.3 Å². The van der Waals surface area contributed by atoms with Crippen molar-refractivity contribution in [3.8, 4) is 0 Å². The molecule has 3 aliphatic rings. The summed E-state index contributed by atoms with van der Waals surface area (Å²) in [6.45, 7) is -0.0903. The van der Waals surface area contributed by atoms with Crippen LogP contribution in [0.5, 0.6) is 0 Å². The van der Waals surface area contributed by atoms with Crippen molar-refractivity contribution in [3.63, 3.8) is 0 Å². The molecule has 3 rings (SSSR count). The van der Waals surface area contributed by atoms with Crippen LogP contribution in [0, 0.1) is 0 Å². The Morgan fingerprint density at radius 2 is 1.96 bits per heavy atom. The minimum absolute atomic E-state index is 0.0903. The zero-order valence-electron chi connectivity index (χ0n) is 14.0. The molecule has 0 radical (unpaired) electrons. The molecule has 0 aromatic carbocycles. The third-order valence-electron chi connectivity index (χ3n) is 4.30. The topological polar surface area (TPSA) is 231 Å². The van der Waals surface area contributed by atoms with Gasteiger partial charge < -0.3 is 39.1 Å². The molecule has 2 saturated heterocycles. The maximum atomic E-state index is 11.5. The van der Waals surface area contributed by atoms with E-state index in [2.05, 4.69) is 15.0 Å². The first kappa shape index (κ1) is 21.3. The molecule has 160 valence electrons. The van der Waals surface area contributed by atoms with Crippen LogP contribution in [0.2, 0.25) is 0 Å². The fraction of sp³-hybridized carbons (Fsp3) is 0.750. The van der Waals surface area contributed by atoms with E-state index >= 15 is 0 Å². The van der Waals surface area contributed by atoms with Crippen molar-refractivity contribution in [2.45, 2.75) is 49.1 Å². The van der Waals surface area contributed by atoms with Gasteiger partial charge in [0.15, 0.2) is 6.29 Å². The van der Waals surface area contributed by atoms with Crippen LogP contribution in [-0.4, -0.2) is 85.5 Å². The molecule has 0 aromatic rings. The Hall–Kier alpha value is -1.44. The summed E-state index contributed by atoms with van der Waals surface area (Å²) in [5.74, 6) is 7.73. The molecule has 28 heavy (non-hydrogen) atoms. The predicted molar refractivity (Wildman–Crippen MR) is 81.9 cm³/mol. The second-order valence-corrected chi connectivity index (χ2v) is 7.40. The number of ether oxygens (including phenoxy) is 4. The third kappa shape index (κ3) is 4.11. The number of rotatable bonds is 6. The number of fused-ring (bicyclic) bond motifs is 2. The molecule has 8 atom stereocenters. The monoisotopic (exact) mass is 429 g/mol. The van der Waals surface area contributed by atoms with Gasteiger partial charge in [0.25, 0.3) is 0 Å². The average molecular weight is 429 g/mol. The number of nitrogens with two attached hydrogens (primary N) is 2. The van der Waals surface area contributed by atoms with Gasteiger partial charge in [-0.2, -0.15) is 29.2 Å². The Labute approximate surface area is 157 Å². The van der Waals surface area contributed by atoms with E-state index in [1.807, 2.05) is 4.72 Å². The van der Waals surface area contributed by atoms with Crippen LogP contribution in [0.15, 0.2) is 11.8 Å². The molecule has 16 heteroatoms. The highest BCUT2D eigenvalue weighted by molar-refractivity contribution is 7.84. The van der Waals surface area contributed by atoms with Gasteiger partial charge in [0.2, 0.25) is 12.0 Å². The Morgan fingerprint density at radius 3 is 2.61 bits per heavy atom. The van der Waals surface area contributed by atoms with Crippen LogP contribution < -0.4 is 16.5 Å². The molecule has 3 aliphatic heterocycles. The molecular formula is C12H19N3O12S. The minimum Gasteiger partial charge on any atom is -0.454 e. The number of aliphatic hydroxyl groups is 3. The fourth-order valence-electron chi connectivity index (χ4n) is 2.96. The van der Waals surface area contributed by atoms with Gasteiger partial charge in [-0.05, 0) is 6.08 Å². The second kappa shape index (κ2) is 8.13. The van der Waals surface area contributed by atoms with Crippen molar-refractivity contribution in [1.29, 1.82) is 0 Å². The summed E-state index contributed by atoms with van der Waals surface area (Å²) >= 11 is 0. The molecule has 8 N–H and O–H groups in total. The Bertz CT molecular complexity index is 731. The smallest absolute Gasteiger partial charge is 0.391 e. The van der Waals surface area contributed by atoms with Gasteiger partial charge in [-0.25, -0.2) is 4.79 Å². The van der Waals surface area contributed by atoms with E-state index in [4.69, 9.17) is 24.8 Å². The summed E-state index contributed by atoms with van der Waals surface area (Å²) in [4.78, 5) is 15.5. The van der Waals surface area contributed by atoms with Crippen LogP contribution >= 0.6 is 0 Å². The van der Waals surface area contributed by atoms with Crippen molar-refractivity contribution < 1.29 is 56.6 Å². The molecule has 2 fully saturated rings. The normalized spacial score (nSPS) is 40.5. The molecular weight excluding hydrogens is 410 g/mol. The first-order valence-corrected chi connectivity index (χ1v) is 9.24. The van der Waals surface area contributed by atoms with Gasteiger partial charge in [-0.3, -0.25) is 0 Å². The van der Waals surface area contributed by atoms with Gasteiger partial charge in [0.1, 0.15) is 36.6 Å². The van der Waals surface area contributed by atoms with E-state index < -0.39 is 71.2 Å². The Kier molecular flexibility index (Phi) is 6.17. The summed E-state index contributed by atoms with van der Waals surface area (Å²) in [7, 11) is -4.43. The summed E-state index contributed by atoms with van der Waals surface area (Å²) in [6.07, 6.45) is -8.94. The molecule has 0 saturated carbocycles. The highest BCUT2D eigenvalue weighted by atomic mass is 32.2. The van der Waals surface area contributed by atoms with Gasteiger partial charge in [-0.15, -0.1) is 0 Å². The van der Waals surface area contributed by atoms with E-state index in [-0.39, 0.29) is 6.61 Å². The number of carbonyl (C=O) groups excluding carboxylic acids is 1. The lowest BCUT2D eigenvalue weighted by molar-refractivity contribution is -0.274. The maximum absolute atomic E-state index is 11.5. The number of nitrogens with one attached hydrogen (secondary N) is 1. The maximum Gasteiger partial charge on any atom is 0.391 e. The van der Waals surface area contributed by atoms with E-state index in [0.29, 0.717) is 0 Å². The van der Waals surface area contributed by atoms with E-state index in [9.17, 15) is 28.5 Å². The van der Waals surface area contributed by atoms with Crippen LogP contribution in [-0.2, 0) is 43.2 Å². The largest absolute Gasteiger partial charge is 0.454 e. The summed E-state index contributed by atoms with van der Waals surface area (Å²) in [5, 5.41) is 30.4. The zero-order valence-corrected chi connectivity index (χ0v) is 14.8. The standard InChI is InChI=1S/C12H19N3O12S/c13-26-10(19)4-1-3(16)7(17)12(23-4)25-9-5-2-22-11(24-5)6(8(9)18)15-28(20,21)27-14/h1,3,5-9,11-12,15-18H,2,13-14H2. The van der Waals surface area contributed by atoms with Gasteiger partial charge in [0.05, 0.1) is 6.61 Å². The minimum atomic E-state index is -4.43. The molecule has 0 aliphatic carbocycles. The lowest BCUT2D eigenvalue weighted by atomic mass is 9.99. The van der Waals surface area contributed by atoms with Crippen molar-refractivity contribution in [3.05, 3.63) is 11.8 Å². The highest BCUT2D eigenvalue weighted by Crippen LogP contribution is 2.33. The third-order valence-corrected chi connectivity index (χ3v) is 5.11. The van der Waals surface area contributed by atoms with E-state index in [0.717, 1.165) is 6.08 Å². The summed E-state index contributed by atoms with van der Waals surface area (Å²) in [5.41, 5.74) is 0. The predicted octanol–water partition coefficient (Wildman–Crippen LogP) is -5.04. The second-order valence-electron chi connectivity index (χ2n) is 6.07. The van der Waals surface area contributed by atoms with Crippen molar-refractivity contribution in [1.82, 2.24) is 4.72 Å². The van der Waals surface area contributed by atoms with Gasteiger partial charge in [-0.1, -0.05) is 0 Å². The SMILES string of the molecule is NOC(=O)C1=CC(O)C(O)C(OC2C3COC(O3)C(NS(=O)(=O)ON)C2O)O1. The number of hydrogen-bond acceptors (Lipinski definition) is 14. The van der Waals surface area contributed by atoms with Crippen LogP contribution in [0.4, 0.5) is 0 Å². The molecule has 8 unspecified atom stereocenters. The highest BCUT2D eigenvalue weighted by Gasteiger charge is 2.54. The zero-order chi connectivity index (χ0) is 20.6. The molecule has 2 bridgehead atoms.